The fourth-order valence-electron chi connectivity index (χ4n) is 2.40. The zero-order valence-corrected chi connectivity index (χ0v) is 11.1. The van der Waals surface area contributed by atoms with Crippen LogP contribution in [0.3, 0.4) is 0 Å². The average Bonchev–Trinajstić information content (AvgIpc) is 2.50. The highest BCUT2D eigenvalue weighted by atomic mass is 19.2. The minimum Gasteiger partial charge on any atom is -0.386 e. The number of halogens is 2. The molecule has 3 aromatic rings. The van der Waals surface area contributed by atoms with Crippen molar-refractivity contribution >= 4 is 10.8 Å². The summed E-state index contributed by atoms with van der Waals surface area (Å²) in [5.74, 6) is -1.80. The van der Waals surface area contributed by atoms with Crippen molar-refractivity contribution in [1.82, 2.24) is 4.98 Å². The zero-order valence-electron chi connectivity index (χ0n) is 11.1. The van der Waals surface area contributed by atoms with Gasteiger partial charge in [0.2, 0.25) is 0 Å². The van der Waals surface area contributed by atoms with Gasteiger partial charge < -0.3 is 5.11 Å². The van der Waals surface area contributed by atoms with Crippen LogP contribution in [-0.2, 0) is 6.42 Å². The average molecular weight is 285 g/mol. The van der Waals surface area contributed by atoms with Crippen molar-refractivity contribution in [3.63, 3.8) is 0 Å². The van der Waals surface area contributed by atoms with E-state index in [1.165, 1.54) is 6.07 Å². The first-order chi connectivity index (χ1) is 10.1. The molecule has 0 saturated heterocycles. The Morgan fingerprint density at radius 3 is 2.62 bits per heavy atom. The maximum absolute atomic E-state index is 13.2. The van der Waals surface area contributed by atoms with Crippen LogP contribution in [-0.4, -0.2) is 10.1 Å². The van der Waals surface area contributed by atoms with Gasteiger partial charge in [-0.25, -0.2) is 8.78 Å². The van der Waals surface area contributed by atoms with E-state index in [2.05, 4.69) is 4.98 Å². The monoisotopic (exact) mass is 285 g/mol. The molecule has 1 atom stereocenters. The molecule has 4 heteroatoms. The normalized spacial score (nSPS) is 12.5. The van der Waals surface area contributed by atoms with Gasteiger partial charge in [0.1, 0.15) is 6.10 Å². The van der Waals surface area contributed by atoms with E-state index in [0.717, 1.165) is 22.9 Å². The molecule has 0 aliphatic carbocycles. The number of nitrogens with zero attached hydrogens (tertiary/aromatic N) is 1. The highest BCUT2D eigenvalue weighted by Gasteiger charge is 2.14. The lowest BCUT2D eigenvalue weighted by Gasteiger charge is -2.13. The van der Waals surface area contributed by atoms with Crippen molar-refractivity contribution in [2.75, 3.05) is 0 Å². The number of hydrogen-bond donors (Lipinski definition) is 1. The Morgan fingerprint density at radius 2 is 1.81 bits per heavy atom. The molecule has 1 N–H and O–H groups in total. The molecule has 0 bridgehead atoms. The summed E-state index contributed by atoms with van der Waals surface area (Å²) in [7, 11) is 0. The molecule has 106 valence electrons. The van der Waals surface area contributed by atoms with E-state index in [4.69, 9.17) is 0 Å². The first kappa shape index (κ1) is 13.6. The quantitative estimate of drug-likeness (QED) is 0.794. The third-order valence-electron chi connectivity index (χ3n) is 3.43. The Kier molecular flexibility index (Phi) is 3.62. The Morgan fingerprint density at radius 1 is 1.00 bits per heavy atom. The second-order valence-corrected chi connectivity index (χ2v) is 4.89. The number of fused-ring (bicyclic) bond motifs is 1. The molecule has 1 aromatic heterocycles. The second-order valence-electron chi connectivity index (χ2n) is 4.89. The molecule has 3 rings (SSSR count). The molecule has 0 aliphatic rings. The van der Waals surface area contributed by atoms with Gasteiger partial charge in [-0.3, -0.25) is 4.98 Å². The molecule has 0 saturated carbocycles. The molecule has 0 aliphatic heterocycles. The molecule has 0 radical (unpaired) electrons. The Balaban J connectivity index is 1.93. The van der Waals surface area contributed by atoms with Gasteiger partial charge in [-0.2, -0.15) is 0 Å². The topological polar surface area (TPSA) is 33.1 Å². The van der Waals surface area contributed by atoms with Crippen LogP contribution in [0.5, 0.6) is 0 Å². The van der Waals surface area contributed by atoms with Crippen LogP contribution >= 0.6 is 0 Å². The lowest BCUT2D eigenvalue weighted by molar-refractivity contribution is 0.175. The second kappa shape index (κ2) is 5.58. The molecular formula is C17H13F2NO. The standard InChI is InChI=1S/C17H13F2NO/c18-14-6-5-11(9-15(14)19)10-16(21)17-13-4-2-1-3-12(13)7-8-20-17/h1-9,16,21H,10H2. The largest absolute Gasteiger partial charge is 0.386 e. The van der Waals surface area contributed by atoms with Gasteiger partial charge in [0.15, 0.2) is 11.6 Å². The van der Waals surface area contributed by atoms with Crippen LogP contribution in [0.4, 0.5) is 8.78 Å². The lowest BCUT2D eigenvalue weighted by Crippen LogP contribution is -2.05. The fraction of sp³-hybridized carbons (Fsp3) is 0.118. The van der Waals surface area contributed by atoms with Crippen LogP contribution in [0.25, 0.3) is 10.8 Å². The smallest absolute Gasteiger partial charge is 0.159 e. The van der Waals surface area contributed by atoms with Gasteiger partial charge in [-0.15, -0.1) is 0 Å². The number of aliphatic hydroxyl groups excluding tert-OH is 1. The molecule has 0 fully saturated rings. The van der Waals surface area contributed by atoms with Crippen LogP contribution in [0.1, 0.15) is 17.4 Å². The third-order valence-corrected chi connectivity index (χ3v) is 3.43. The summed E-state index contributed by atoms with van der Waals surface area (Å²) in [4.78, 5) is 4.23. The summed E-state index contributed by atoms with van der Waals surface area (Å²) in [5, 5.41) is 12.2. The van der Waals surface area contributed by atoms with Gasteiger partial charge in [0.25, 0.3) is 0 Å². The maximum Gasteiger partial charge on any atom is 0.159 e. The van der Waals surface area contributed by atoms with Crippen molar-refractivity contribution in [3.05, 3.63) is 77.6 Å². The van der Waals surface area contributed by atoms with Crippen molar-refractivity contribution in [3.8, 4) is 0 Å². The predicted molar refractivity (Wildman–Crippen MR) is 76.8 cm³/mol. The molecule has 0 spiro atoms. The van der Waals surface area contributed by atoms with Gasteiger partial charge in [0.05, 0.1) is 5.69 Å². The highest BCUT2D eigenvalue weighted by Crippen LogP contribution is 2.25. The van der Waals surface area contributed by atoms with E-state index in [-0.39, 0.29) is 6.42 Å². The molecule has 1 heterocycles. The van der Waals surface area contributed by atoms with E-state index in [1.807, 2.05) is 30.3 Å². The van der Waals surface area contributed by atoms with Gasteiger partial charge in [-0.05, 0) is 29.1 Å². The molecule has 2 nitrogen and oxygen atoms in total. The van der Waals surface area contributed by atoms with Crippen LogP contribution in [0.15, 0.2) is 54.7 Å². The lowest BCUT2D eigenvalue weighted by atomic mass is 10.0. The summed E-state index contributed by atoms with van der Waals surface area (Å²) in [6.45, 7) is 0. The fourth-order valence-corrected chi connectivity index (χ4v) is 2.40. The summed E-state index contributed by atoms with van der Waals surface area (Å²) < 4.78 is 26.1. The Hall–Kier alpha value is -2.33. The number of aliphatic hydroxyl groups is 1. The predicted octanol–water partition coefficient (Wildman–Crippen LogP) is 3.79. The summed E-state index contributed by atoms with van der Waals surface area (Å²) in [5.41, 5.74) is 1.06. The van der Waals surface area contributed by atoms with E-state index in [1.54, 1.807) is 6.20 Å². The first-order valence-corrected chi connectivity index (χ1v) is 6.61. The number of benzene rings is 2. The van der Waals surface area contributed by atoms with E-state index in [0.29, 0.717) is 11.3 Å². The number of rotatable bonds is 3. The number of aromatic nitrogens is 1. The highest BCUT2D eigenvalue weighted by molar-refractivity contribution is 5.84. The Labute approximate surface area is 120 Å². The molecular weight excluding hydrogens is 272 g/mol. The van der Waals surface area contributed by atoms with E-state index >= 15 is 0 Å². The van der Waals surface area contributed by atoms with Crippen molar-refractivity contribution in [1.29, 1.82) is 0 Å². The summed E-state index contributed by atoms with van der Waals surface area (Å²) in [6.07, 6.45) is 0.936. The van der Waals surface area contributed by atoms with E-state index < -0.39 is 17.7 Å². The Bertz CT molecular complexity index is 783. The molecule has 1 unspecified atom stereocenters. The summed E-state index contributed by atoms with van der Waals surface area (Å²) in [6, 6.07) is 13.1. The minimum absolute atomic E-state index is 0.179. The van der Waals surface area contributed by atoms with Gasteiger partial charge in [0, 0.05) is 18.0 Å². The first-order valence-electron chi connectivity index (χ1n) is 6.61. The van der Waals surface area contributed by atoms with Crippen LogP contribution in [0, 0.1) is 11.6 Å². The van der Waals surface area contributed by atoms with E-state index in [9.17, 15) is 13.9 Å². The molecule has 2 aromatic carbocycles. The van der Waals surface area contributed by atoms with Crippen molar-refractivity contribution < 1.29 is 13.9 Å². The third kappa shape index (κ3) is 2.76. The maximum atomic E-state index is 13.2. The SMILES string of the molecule is OC(Cc1ccc(F)c(F)c1)c1nccc2ccccc12. The van der Waals surface area contributed by atoms with Gasteiger partial charge >= 0.3 is 0 Å². The van der Waals surface area contributed by atoms with Gasteiger partial charge in [-0.1, -0.05) is 30.3 Å². The van der Waals surface area contributed by atoms with Crippen molar-refractivity contribution in [2.24, 2.45) is 0 Å². The van der Waals surface area contributed by atoms with Crippen LogP contribution in [0.2, 0.25) is 0 Å². The summed E-state index contributed by atoms with van der Waals surface area (Å²) >= 11 is 0. The minimum atomic E-state index is -0.912. The zero-order chi connectivity index (χ0) is 14.8. The van der Waals surface area contributed by atoms with Crippen LogP contribution < -0.4 is 0 Å². The number of hydrogen-bond acceptors (Lipinski definition) is 2. The number of pyridine rings is 1. The molecule has 0 amide bonds. The van der Waals surface area contributed by atoms with Crippen molar-refractivity contribution in [2.45, 2.75) is 12.5 Å². The molecule has 21 heavy (non-hydrogen) atoms.